The van der Waals surface area contributed by atoms with E-state index in [1.807, 2.05) is 45.9 Å². The Balaban J connectivity index is 2.27. The fourth-order valence-electron chi connectivity index (χ4n) is 2.21. The fourth-order valence-corrected chi connectivity index (χ4v) is 2.98. The third kappa shape index (κ3) is 4.02. The number of hydrogen-bond donors (Lipinski definition) is 1. The lowest BCUT2D eigenvalue weighted by molar-refractivity contribution is -0.119. The number of aryl methyl sites for hydroxylation is 2. The number of fused-ring (bicyclic) bond motifs is 1. The van der Waals surface area contributed by atoms with E-state index in [4.69, 9.17) is 0 Å². The van der Waals surface area contributed by atoms with E-state index >= 15 is 0 Å². The van der Waals surface area contributed by atoms with Crippen LogP contribution in [-0.2, 0) is 4.79 Å². The minimum absolute atomic E-state index is 0.0314. The SMILES string of the molecule is CC[C@@H](C)NC(=O)CSc1nc2c(C)c(C)ccc2cc1C#N. The highest BCUT2D eigenvalue weighted by Gasteiger charge is 2.12. The van der Waals surface area contributed by atoms with Gasteiger partial charge in [-0.25, -0.2) is 4.98 Å². The molecule has 1 N–H and O–H groups in total. The maximum absolute atomic E-state index is 11.9. The maximum Gasteiger partial charge on any atom is 0.230 e. The van der Waals surface area contributed by atoms with E-state index in [2.05, 4.69) is 16.4 Å². The van der Waals surface area contributed by atoms with Crippen molar-refractivity contribution in [1.29, 1.82) is 5.26 Å². The second kappa shape index (κ2) is 7.47. The summed E-state index contributed by atoms with van der Waals surface area (Å²) in [6, 6.07) is 8.21. The molecule has 120 valence electrons. The van der Waals surface area contributed by atoms with Gasteiger partial charge in [-0.2, -0.15) is 5.26 Å². The molecule has 0 aliphatic rings. The molecule has 5 heteroatoms. The number of nitrogens with zero attached hydrogens (tertiary/aromatic N) is 2. The standard InChI is InChI=1S/C18H21N3OS/c1-5-12(3)20-16(22)10-23-18-15(9-19)8-14-7-6-11(2)13(4)17(14)21-18/h6-8,12H,5,10H2,1-4H3,(H,20,22)/t12-/m1/s1. The van der Waals surface area contributed by atoms with Crippen molar-refractivity contribution >= 4 is 28.6 Å². The topological polar surface area (TPSA) is 65.8 Å². The summed E-state index contributed by atoms with van der Waals surface area (Å²) in [7, 11) is 0. The average Bonchev–Trinajstić information content (AvgIpc) is 2.55. The minimum Gasteiger partial charge on any atom is -0.353 e. The van der Waals surface area contributed by atoms with Crippen LogP contribution in [0.1, 0.15) is 37.0 Å². The number of amides is 1. The molecule has 1 aromatic heterocycles. The summed E-state index contributed by atoms with van der Waals surface area (Å²) in [5, 5.41) is 13.8. The number of benzene rings is 1. The quantitative estimate of drug-likeness (QED) is 0.850. The number of hydrogen-bond acceptors (Lipinski definition) is 4. The van der Waals surface area contributed by atoms with Gasteiger partial charge in [-0.3, -0.25) is 4.79 Å². The van der Waals surface area contributed by atoms with E-state index in [-0.39, 0.29) is 17.7 Å². The first kappa shape index (κ1) is 17.3. The second-order valence-corrected chi connectivity index (χ2v) is 6.66. The predicted molar refractivity (Wildman–Crippen MR) is 94.6 cm³/mol. The van der Waals surface area contributed by atoms with Crippen molar-refractivity contribution in [3.8, 4) is 6.07 Å². The van der Waals surface area contributed by atoms with Gasteiger partial charge in [-0.1, -0.05) is 30.8 Å². The number of pyridine rings is 1. The minimum atomic E-state index is -0.0314. The maximum atomic E-state index is 11.9. The van der Waals surface area contributed by atoms with Crippen LogP contribution >= 0.6 is 11.8 Å². The smallest absolute Gasteiger partial charge is 0.230 e. The number of thioether (sulfide) groups is 1. The predicted octanol–water partition coefficient (Wildman–Crippen LogP) is 3.73. The van der Waals surface area contributed by atoms with Gasteiger partial charge >= 0.3 is 0 Å². The van der Waals surface area contributed by atoms with Crippen LogP contribution in [0.15, 0.2) is 23.2 Å². The van der Waals surface area contributed by atoms with Gasteiger partial charge in [0, 0.05) is 11.4 Å². The Kier molecular flexibility index (Phi) is 5.62. The van der Waals surface area contributed by atoms with Gasteiger partial charge in [-0.15, -0.1) is 0 Å². The van der Waals surface area contributed by atoms with E-state index in [1.54, 1.807) is 0 Å². The van der Waals surface area contributed by atoms with E-state index in [0.29, 0.717) is 10.6 Å². The summed E-state index contributed by atoms with van der Waals surface area (Å²) in [5.74, 6) is 0.235. The second-order valence-electron chi connectivity index (χ2n) is 5.70. The Hall–Kier alpha value is -2.06. The normalized spacial score (nSPS) is 12.0. The highest BCUT2D eigenvalue weighted by atomic mass is 32.2. The average molecular weight is 327 g/mol. The molecule has 1 atom stereocenters. The van der Waals surface area contributed by atoms with Crippen LogP contribution in [0, 0.1) is 25.2 Å². The molecule has 0 unspecified atom stereocenters. The molecule has 0 aliphatic heterocycles. The van der Waals surface area contributed by atoms with Crippen LogP contribution in [0.2, 0.25) is 0 Å². The molecule has 1 amide bonds. The lowest BCUT2D eigenvalue weighted by Crippen LogP contribution is -2.33. The lowest BCUT2D eigenvalue weighted by Gasteiger charge is -2.12. The number of carbonyl (C=O) groups excluding carboxylic acids is 1. The molecule has 2 rings (SSSR count). The monoisotopic (exact) mass is 327 g/mol. The van der Waals surface area contributed by atoms with Crippen molar-refractivity contribution in [2.45, 2.75) is 45.2 Å². The molecule has 2 aromatic rings. The van der Waals surface area contributed by atoms with Crippen LogP contribution in [0.5, 0.6) is 0 Å². The van der Waals surface area contributed by atoms with Gasteiger partial charge < -0.3 is 5.32 Å². The Morgan fingerprint density at radius 3 is 2.83 bits per heavy atom. The van der Waals surface area contributed by atoms with Gasteiger partial charge in [-0.05, 0) is 44.4 Å². The number of carbonyl (C=O) groups is 1. The molecule has 1 aromatic carbocycles. The number of aromatic nitrogens is 1. The van der Waals surface area contributed by atoms with Crippen molar-refractivity contribution in [3.05, 3.63) is 34.9 Å². The van der Waals surface area contributed by atoms with Crippen molar-refractivity contribution in [1.82, 2.24) is 10.3 Å². The molecule has 0 aliphatic carbocycles. The fraction of sp³-hybridized carbons (Fsp3) is 0.389. The molecular weight excluding hydrogens is 306 g/mol. The van der Waals surface area contributed by atoms with Crippen LogP contribution in [-0.4, -0.2) is 22.7 Å². The summed E-state index contributed by atoms with van der Waals surface area (Å²) in [5.41, 5.74) is 3.69. The molecule has 0 saturated carbocycles. The molecule has 0 saturated heterocycles. The highest BCUT2D eigenvalue weighted by molar-refractivity contribution is 8.00. The van der Waals surface area contributed by atoms with E-state index in [9.17, 15) is 10.1 Å². The van der Waals surface area contributed by atoms with E-state index < -0.39 is 0 Å². The van der Waals surface area contributed by atoms with Crippen molar-refractivity contribution in [2.75, 3.05) is 5.75 Å². The van der Waals surface area contributed by atoms with Gasteiger partial charge in [0.25, 0.3) is 0 Å². The molecule has 0 fully saturated rings. The zero-order valence-electron chi connectivity index (χ0n) is 13.9. The summed E-state index contributed by atoms with van der Waals surface area (Å²) >= 11 is 1.32. The lowest BCUT2D eigenvalue weighted by atomic mass is 10.0. The number of nitrogens with one attached hydrogen (secondary N) is 1. The van der Waals surface area contributed by atoms with Gasteiger partial charge in [0.1, 0.15) is 11.1 Å². The molecule has 4 nitrogen and oxygen atoms in total. The zero-order chi connectivity index (χ0) is 17.0. The summed E-state index contributed by atoms with van der Waals surface area (Å²) in [4.78, 5) is 16.6. The third-order valence-corrected chi connectivity index (χ3v) is 4.95. The molecule has 0 radical (unpaired) electrons. The largest absolute Gasteiger partial charge is 0.353 e. The van der Waals surface area contributed by atoms with Gasteiger partial charge in [0.15, 0.2) is 0 Å². The first-order valence-corrected chi connectivity index (χ1v) is 8.68. The number of rotatable bonds is 5. The van der Waals surface area contributed by atoms with Crippen molar-refractivity contribution in [3.63, 3.8) is 0 Å². The van der Waals surface area contributed by atoms with Crippen molar-refractivity contribution < 1.29 is 4.79 Å². The summed E-state index contributed by atoms with van der Waals surface area (Å²) < 4.78 is 0. The third-order valence-electron chi connectivity index (χ3n) is 3.96. The van der Waals surface area contributed by atoms with Crippen LogP contribution in [0.25, 0.3) is 10.9 Å². The molecule has 1 heterocycles. The molecule has 23 heavy (non-hydrogen) atoms. The van der Waals surface area contributed by atoms with Crippen molar-refractivity contribution in [2.24, 2.45) is 0 Å². The highest BCUT2D eigenvalue weighted by Crippen LogP contribution is 2.27. The van der Waals surface area contributed by atoms with Crippen LogP contribution in [0.3, 0.4) is 0 Å². The molecule has 0 spiro atoms. The molecular formula is C18H21N3OS. The Bertz CT molecular complexity index is 780. The van der Waals surface area contributed by atoms with E-state index in [1.165, 1.54) is 17.3 Å². The van der Waals surface area contributed by atoms with E-state index in [0.717, 1.165) is 22.9 Å². The first-order valence-electron chi connectivity index (χ1n) is 7.69. The Morgan fingerprint density at radius 1 is 1.43 bits per heavy atom. The summed E-state index contributed by atoms with van der Waals surface area (Å²) in [6.07, 6.45) is 0.895. The first-order chi connectivity index (χ1) is 11.0. The molecule has 0 bridgehead atoms. The number of nitriles is 1. The summed E-state index contributed by atoms with van der Waals surface area (Å²) in [6.45, 7) is 8.08. The van der Waals surface area contributed by atoms with Gasteiger partial charge in [0.05, 0.1) is 16.8 Å². The van der Waals surface area contributed by atoms with Gasteiger partial charge in [0.2, 0.25) is 5.91 Å². The van der Waals surface area contributed by atoms with Crippen LogP contribution in [0.4, 0.5) is 0 Å². The zero-order valence-corrected chi connectivity index (χ0v) is 14.8. The van der Waals surface area contributed by atoms with Crippen LogP contribution < -0.4 is 5.32 Å². The Labute approximate surface area is 141 Å². The Morgan fingerprint density at radius 2 is 2.17 bits per heavy atom.